The molecule has 0 bridgehead atoms. The smallest absolute Gasteiger partial charge is 0.330 e. The van der Waals surface area contributed by atoms with Crippen molar-refractivity contribution < 1.29 is 13.2 Å². The minimum Gasteiger partial charge on any atom is -0.330 e. The summed E-state index contributed by atoms with van der Waals surface area (Å²) in [5.41, 5.74) is 5.49. The molecule has 0 aliphatic rings. The lowest BCUT2D eigenvalue weighted by Gasteiger charge is -2.13. The normalized spacial score (nSPS) is 14.2. The zero-order valence-electron chi connectivity index (χ0n) is 9.24. The van der Waals surface area contributed by atoms with Gasteiger partial charge in [0.1, 0.15) is 0 Å². The van der Waals surface area contributed by atoms with Crippen LogP contribution in [0.5, 0.6) is 0 Å². The molecule has 92 valence electrons. The Hall–Kier alpha value is -0.290. The van der Waals surface area contributed by atoms with Gasteiger partial charge < -0.3 is 11.1 Å². The summed E-state index contributed by atoms with van der Waals surface area (Å²) in [6.45, 7) is 4.14. The second kappa shape index (κ2) is 7.93. The molecular weight excluding hydrogens is 205 g/mol. The molecule has 15 heavy (non-hydrogen) atoms. The van der Waals surface area contributed by atoms with Crippen molar-refractivity contribution in [1.82, 2.24) is 5.32 Å². The van der Waals surface area contributed by atoms with Gasteiger partial charge in [0.2, 0.25) is 0 Å². The summed E-state index contributed by atoms with van der Waals surface area (Å²) < 4.78 is 35.3. The van der Waals surface area contributed by atoms with Crippen molar-refractivity contribution >= 4 is 0 Å². The highest BCUT2D eigenvalue weighted by Gasteiger charge is 2.25. The molecule has 3 N–H and O–H groups in total. The molecule has 5 heteroatoms. The van der Waals surface area contributed by atoms with E-state index in [4.69, 9.17) is 5.73 Å². The van der Waals surface area contributed by atoms with Crippen LogP contribution < -0.4 is 11.1 Å². The third kappa shape index (κ3) is 10.0. The van der Waals surface area contributed by atoms with Crippen molar-refractivity contribution in [3.63, 3.8) is 0 Å². The lowest BCUT2D eigenvalue weighted by molar-refractivity contribution is -0.135. The van der Waals surface area contributed by atoms with Crippen molar-refractivity contribution in [1.29, 1.82) is 0 Å². The van der Waals surface area contributed by atoms with Gasteiger partial charge in [-0.05, 0) is 38.4 Å². The molecule has 1 atom stereocenters. The first-order chi connectivity index (χ1) is 6.99. The Morgan fingerprint density at radius 1 is 1.27 bits per heavy atom. The number of halogens is 3. The SMILES string of the molecule is CCC(CN)CNCCCCC(F)(F)F. The second-order valence-corrected chi connectivity index (χ2v) is 3.79. The van der Waals surface area contributed by atoms with Gasteiger partial charge in [0, 0.05) is 6.42 Å². The van der Waals surface area contributed by atoms with E-state index >= 15 is 0 Å². The van der Waals surface area contributed by atoms with Crippen molar-refractivity contribution in [2.45, 2.75) is 38.8 Å². The van der Waals surface area contributed by atoms with Gasteiger partial charge in [-0.2, -0.15) is 13.2 Å². The Balaban J connectivity index is 3.25. The van der Waals surface area contributed by atoms with E-state index in [0.29, 0.717) is 25.4 Å². The molecule has 0 radical (unpaired) electrons. The van der Waals surface area contributed by atoms with E-state index in [1.54, 1.807) is 0 Å². The van der Waals surface area contributed by atoms with Crippen LogP contribution in [0.1, 0.15) is 32.6 Å². The van der Waals surface area contributed by atoms with Crippen LogP contribution >= 0.6 is 0 Å². The Bertz CT molecular complexity index is 144. The van der Waals surface area contributed by atoms with Crippen LogP contribution in [0.2, 0.25) is 0 Å². The number of hydrogen-bond donors (Lipinski definition) is 2. The fourth-order valence-electron chi connectivity index (χ4n) is 1.28. The molecular formula is C10H21F3N2. The maximum Gasteiger partial charge on any atom is 0.389 e. The Kier molecular flexibility index (Phi) is 7.78. The van der Waals surface area contributed by atoms with Gasteiger partial charge in [0.05, 0.1) is 0 Å². The van der Waals surface area contributed by atoms with Crippen molar-refractivity contribution in [2.24, 2.45) is 11.7 Å². The molecule has 0 aliphatic carbocycles. The third-order valence-corrected chi connectivity index (χ3v) is 2.41. The lowest BCUT2D eigenvalue weighted by atomic mass is 10.1. The van der Waals surface area contributed by atoms with E-state index in [1.807, 2.05) is 0 Å². The zero-order chi connectivity index (χ0) is 11.7. The van der Waals surface area contributed by atoms with E-state index < -0.39 is 12.6 Å². The number of alkyl halides is 3. The van der Waals surface area contributed by atoms with Crippen LogP contribution in [0, 0.1) is 5.92 Å². The lowest BCUT2D eigenvalue weighted by Crippen LogP contribution is -2.28. The van der Waals surface area contributed by atoms with Gasteiger partial charge in [0.15, 0.2) is 0 Å². The molecule has 0 aromatic rings. The largest absolute Gasteiger partial charge is 0.389 e. The van der Waals surface area contributed by atoms with Gasteiger partial charge >= 0.3 is 6.18 Å². The molecule has 1 unspecified atom stereocenters. The molecule has 0 rings (SSSR count). The minimum absolute atomic E-state index is 0.204. The summed E-state index contributed by atoms with van der Waals surface area (Å²) in [6.07, 6.45) is -2.91. The molecule has 0 aliphatic heterocycles. The number of nitrogens with one attached hydrogen (secondary N) is 1. The van der Waals surface area contributed by atoms with E-state index in [0.717, 1.165) is 13.0 Å². The van der Waals surface area contributed by atoms with Crippen LogP contribution in [0.4, 0.5) is 13.2 Å². The van der Waals surface area contributed by atoms with Crippen molar-refractivity contribution in [3.05, 3.63) is 0 Å². The molecule has 0 amide bonds. The molecule has 2 nitrogen and oxygen atoms in total. The first kappa shape index (κ1) is 14.7. The van der Waals surface area contributed by atoms with Crippen molar-refractivity contribution in [3.8, 4) is 0 Å². The summed E-state index contributed by atoms with van der Waals surface area (Å²) >= 11 is 0. The quantitative estimate of drug-likeness (QED) is 0.623. The molecule has 0 aromatic heterocycles. The summed E-state index contributed by atoms with van der Waals surface area (Å²) in [5, 5.41) is 3.13. The van der Waals surface area contributed by atoms with Gasteiger partial charge in [-0.15, -0.1) is 0 Å². The summed E-state index contributed by atoms with van der Waals surface area (Å²) in [6, 6.07) is 0. The maximum atomic E-state index is 11.8. The standard InChI is InChI=1S/C10H21F3N2/c1-2-9(7-14)8-15-6-4-3-5-10(11,12)13/h9,15H,2-8,14H2,1H3. The fraction of sp³-hybridized carbons (Fsp3) is 1.00. The molecule has 0 fully saturated rings. The van der Waals surface area contributed by atoms with Crippen LogP contribution in [0.25, 0.3) is 0 Å². The Morgan fingerprint density at radius 3 is 2.40 bits per heavy atom. The van der Waals surface area contributed by atoms with Gasteiger partial charge in [-0.3, -0.25) is 0 Å². The summed E-state index contributed by atoms with van der Waals surface area (Å²) in [5.74, 6) is 0.438. The maximum absolute atomic E-state index is 11.8. The number of hydrogen-bond acceptors (Lipinski definition) is 2. The highest BCUT2D eigenvalue weighted by atomic mass is 19.4. The second-order valence-electron chi connectivity index (χ2n) is 3.79. The monoisotopic (exact) mass is 226 g/mol. The van der Waals surface area contributed by atoms with Gasteiger partial charge in [-0.1, -0.05) is 13.3 Å². The van der Waals surface area contributed by atoms with Crippen LogP contribution in [0.3, 0.4) is 0 Å². The van der Waals surface area contributed by atoms with Crippen LogP contribution in [0.15, 0.2) is 0 Å². The highest BCUT2D eigenvalue weighted by Crippen LogP contribution is 2.21. The summed E-state index contributed by atoms with van der Waals surface area (Å²) in [7, 11) is 0. The number of unbranched alkanes of at least 4 members (excludes halogenated alkanes) is 1. The first-order valence-corrected chi connectivity index (χ1v) is 5.47. The first-order valence-electron chi connectivity index (χ1n) is 5.47. The minimum atomic E-state index is -4.01. The van der Waals surface area contributed by atoms with Gasteiger partial charge in [0.25, 0.3) is 0 Å². The van der Waals surface area contributed by atoms with E-state index in [-0.39, 0.29) is 6.42 Å². The van der Waals surface area contributed by atoms with Crippen LogP contribution in [-0.2, 0) is 0 Å². The fourth-order valence-corrected chi connectivity index (χ4v) is 1.28. The molecule has 0 saturated carbocycles. The molecule has 0 saturated heterocycles. The molecule has 0 spiro atoms. The van der Waals surface area contributed by atoms with Crippen LogP contribution in [-0.4, -0.2) is 25.8 Å². The predicted molar refractivity (Wildman–Crippen MR) is 55.6 cm³/mol. The van der Waals surface area contributed by atoms with E-state index in [9.17, 15) is 13.2 Å². The zero-order valence-corrected chi connectivity index (χ0v) is 9.24. The predicted octanol–water partition coefficient (Wildman–Crippen LogP) is 2.29. The Labute approximate surface area is 89.4 Å². The molecule has 0 aromatic carbocycles. The highest BCUT2D eigenvalue weighted by molar-refractivity contribution is 4.61. The number of nitrogens with two attached hydrogens (primary N) is 1. The third-order valence-electron chi connectivity index (χ3n) is 2.41. The van der Waals surface area contributed by atoms with E-state index in [2.05, 4.69) is 12.2 Å². The molecule has 0 heterocycles. The van der Waals surface area contributed by atoms with Crippen molar-refractivity contribution in [2.75, 3.05) is 19.6 Å². The topological polar surface area (TPSA) is 38.0 Å². The average Bonchev–Trinajstić information content (AvgIpc) is 2.15. The summed E-state index contributed by atoms with van der Waals surface area (Å²) in [4.78, 5) is 0. The number of rotatable bonds is 8. The van der Waals surface area contributed by atoms with Gasteiger partial charge in [-0.25, -0.2) is 0 Å². The Morgan fingerprint density at radius 2 is 1.93 bits per heavy atom. The average molecular weight is 226 g/mol. The van der Waals surface area contributed by atoms with E-state index in [1.165, 1.54) is 0 Å².